The zero-order valence-corrected chi connectivity index (χ0v) is 23.8. The van der Waals surface area contributed by atoms with E-state index in [1.54, 1.807) is 6.20 Å². The Morgan fingerprint density at radius 2 is 1.67 bits per heavy atom. The molecule has 1 aliphatic heterocycles. The summed E-state index contributed by atoms with van der Waals surface area (Å²) >= 11 is 0. The maximum absolute atomic E-state index is 13.6. The van der Waals surface area contributed by atoms with Crippen molar-refractivity contribution in [3.05, 3.63) is 94.8 Å². The van der Waals surface area contributed by atoms with E-state index >= 15 is 0 Å². The van der Waals surface area contributed by atoms with E-state index in [1.807, 2.05) is 83.9 Å². The number of ether oxygens (including phenoxy) is 1. The van der Waals surface area contributed by atoms with Crippen LogP contribution in [-0.2, 0) is 17.8 Å². The zero-order valence-electron chi connectivity index (χ0n) is 23.8. The van der Waals surface area contributed by atoms with Gasteiger partial charge in [0, 0.05) is 61.7 Å². The van der Waals surface area contributed by atoms with Crippen molar-refractivity contribution in [1.29, 1.82) is 0 Å². The number of aryl methyl sites for hydroxylation is 2. The second-order valence-electron chi connectivity index (χ2n) is 10.9. The molecule has 0 radical (unpaired) electrons. The Morgan fingerprint density at radius 3 is 2.38 bits per heavy atom. The van der Waals surface area contributed by atoms with Gasteiger partial charge in [0.15, 0.2) is 0 Å². The average Bonchev–Trinajstić information content (AvgIpc) is 3.39. The molecule has 0 spiro atoms. The van der Waals surface area contributed by atoms with Crippen LogP contribution in [0.5, 0.6) is 0 Å². The van der Waals surface area contributed by atoms with Crippen LogP contribution in [0.3, 0.4) is 0 Å². The fraction of sp³-hybridized carbons (Fsp3) is 0.273. The van der Waals surface area contributed by atoms with Crippen LogP contribution in [0, 0.1) is 12.8 Å². The van der Waals surface area contributed by atoms with Gasteiger partial charge in [0.2, 0.25) is 5.43 Å². The zero-order chi connectivity index (χ0) is 29.2. The van der Waals surface area contributed by atoms with E-state index in [9.17, 15) is 9.59 Å². The Kier molecular flexibility index (Phi) is 7.58. The molecule has 5 aromatic rings. The number of aromatic nitrogens is 4. The molecule has 1 fully saturated rings. The normalized spacial score (nSPS) is 13.9. The summed E-state index contributed by atoms with van der Waals surface area (Å²) in [5.74, 6) is 0.404. The molecular formula is C33H34N6O3. The molecule has 3 N–H and O–H groups in total. The first-order valence-electron chi connectivity index (χ1n) is 14.3. The molecule has 3 aromatic heterocycles. The second kappa shape index (κ2) is 11.6. The molecule has 9 nitrogen and oxygen atoms in total. The third-order valence-electron chi connectivity index (χ3n) is 7.97. The number of nitrogen functional groups attached to an aromatic ring is 1. The standard InChI is InChI=1S/C33H34N6O3/c1-3-39-19-26(29-31(34)35-20-36-32(29)39)23-8-10-25(11-9-23)37-33(41)28-18-38(16-22-12-14-42-15-13-22)17-27(30(28)40)24-6-4-21(2)5-7-24/h4-11,17-20,22H,3,12-16H2,1-2H3,(H,37,41)(H2,34,35,36). The number of amides is 1. The summed E-state index contributed by atoms with van der Waals surface area (Å²) in [5.41, 5.74) is 11.6. The number of benzene rings is 2. The van der Waals surface area contributed by atoms with Gasteiger partial charge in [-0.2, -0.15) is 0 Å². The van der Waals surface area contributed by atoms with Crippen molar-refractivity contribution in [1.82, 2.24) is 19.1 Å². The number of fused-ring (bicyclic) bond motifs is 1. The maximum atomic E-state index is 13.6. The van der Waals surface area contributed by atoms with E-state index in [0.717, 1.165) is 72.4 Å². The Bertz CT molecular complexity index is 1800. The predicted molar refractivity (Wildman–Crippen MR) is 165 cm³/mol. The van der Waals surface area contributed by atoms with Gasteiger partial charge >= 0.3 is 0 Å². The number of hydrogen-bond donors (Lipinski definition) is 2. The second-order valence-corrected chi connectivity index (χ2v) is 10.9. The summed E-state index contributed by atoms with van der Waals surface area (Å²) in [6, 6.07) is 15.3. The molecule has 9 heteroatoms. The van der Waals surface area contributed by atoms with Crippen molar-refractivity contribution in [2.24, 2.45) is 5.92 Å². The Morgan fingerprint density at radius 1 is 0.976 bits per heavy atom. The molecular weight excluding hydrogens is 528 g/mol. The number of nitrogens with one attached hydrogen (secondary N) is 1. The van der Waals surface area contributed by atoms with E-state index in [-0.39, 0.29) is 11.0 Å². The average molecular weight is 563 g/mol. The van der Waals surface area contributed by atoms with Crippen molar-refractivity contribution < 1.29 is 9.53 Å². The Hall–Kier alpha value is -4.76. The maximum Gasteiger partial charge on any atom is 0.261 e. The minimum Gasteiger partial charge on any atom is -0.383 e. The third-order valence-corrected chi connectivity index (χ3v) is 7.97. The molecule has 0 unspecified atom stereocenters. The van der Waals surface area contributed by atoms with Gasteiger partial charge in [0.1, 0.15) is 23.4 Å². The number of nitrogens with two attached hydrogens (primary N) is 1. The fourth-order valence-electron chi connectivity index (χ4n) is 5.60. The molecule has 42 heavy (non-hydrogen) atoms. The van der Waals surface area contributed by atoms with Gasteiger partial charge < -0.3 is 24.9 Å². The number of hydrogen-bond acceptors (Lipinski definition) is 6. The van der Waals surface area contributed by atoms with Gasteiger partial charge in [-0.25, -0.2) is 9.97 Å². The molecule has 0 saturated carbocycles. The highest BCUT2D eigenvalue weighted by Crippen LogP contribution is 2.33. The topological polar surface area (TPSA) is 117 Å². The van der Waals surface area contributed by atoms with E-state index in [4.69, 9.17) is 10.5 Å². The monoisotopic (exact) mass is 562 g/mol. The van der Waals surface area contributed by atoms with Gasteiger partial charge in [-0.3, -0.25) is 9.59 Å². The molecule has 1 saturated heterocycles. The number of rotatable bonds is 7. The first-order chi connectivity index (χ1) is 20.4. The molecule has 214 valence electrons. The summed E-state index contributed by atoms with van der Waals surface area (Å²) < 4.78 is 9.54. The van der Waals surface area contributed by atoms with Gasteiger partial charge in [0.05, 0.1) is 5.39 Å². The van der Waals surface area contributed by atoms with E-state index in [2.05, 4.69) is 15.3 Å². The van der Waals surface area contributed by atoms with Gasteiger partial charge in [0.25, 0.3) is 5.91 Å². The van der Waals surface area contributed by atoms with Crippen LogP contribution in [0.1, 0.15) is 35.7 Å². The number of anilines is 2. The molecule has 4 heterocycles. The molecule has 0 bridgehead atoms. The van der Waals surface area contributed by atoms with Crippen molar-refractivity contribution in [3.8, 4) is 22.3 Å². The van der Waals surface area contributed by atoms with Crippen LogP contribution >= 0.6 is 0 Å². The summed E-state index contributed by atoms with van der Waals surface area (Å²) in [6.45, 7) is 6.98. The first kappa shape index (κ1) is 27.4. The number of carbonyl (C=O) groups is 1. The van der Waals surface area contributed by atoms with E-state index in [0.29, 0.717) is 23.0 Å². The first-order valence-corrected chi connectivity index (χ1v) is 14.3. The van der Waals surface area contributed by atoms with Crippen molar-refractivity contribution in [2.75, 3.05) is 24.3 Å². The molecule has 2 aromatic carbocycles. The van der Waals surface area contributed by atoms with E-state index in [1.165, 1.54) is 6.33 Å². The van der Waals surface area contributed by atoms with Crippen LogP contribution in [0.25, 0.3) is 33.3 Å². The summed E-state index contributed by atoms with van der Waals surface area (Å²) in [5, 5.41) is 3.73. The molecule has 6 rings (SSSR count). The summed E-state index contributed by atoms with van der Waals surface area (Å²) in [4.78, 5) is 35.8. The van der Waals surface area contributed by atoms with Crippen molar-refractivity contribution in [3.63, 3.8) is 0 Å². The summed E-state index contributed by atoms with van der Waals surface area (Å²) in [6.07, 6.45) is 8.94. The highest BCUT2D eigenvalue weighted by Gasteiger charge is 2.20. The quantitative estimate of drug-likeness (QED) is 0.270. The van der Waals surface area contributed by atoms with Crippen molar-refractivity contribution >= 4 is 28.4 Å². The number of nitrogens with zero attached hydrogens (tertiary/aromatic N) is 4. The molecule has 1 aliphatic rings. The SMILES string of the molecule is CCn1cc(-c2ccc(NC(=O)c3cn(CC4CCOCC4)cc(-c4ccc(C)cc4)c3=O)cc2)c2c(N)ncnc21. The van der Waals surface area contributed by atoms with Gasteiger partial charge in [-0.15, -0.1) is 0 Å². The largest absolute Gasteiger partial charge is 0.383 e. The lowest BCUT2D eigenvalue weighted by Gasteiger charge is -2.23. The van der Waals surface area contributed by atoms with Crippen LogP contribution in [0.15, 0.2) is 78.2 Å². The third kappa shape index (κ3) is 5.43. The molecule has 0 aliphatic carbocycles. The smallest absolute Gasteiger partial charge is 0.261 e. The minimum atomic E-state index is -0.442. The minimum absolute atomic E-state index is 0.111. The highest BCUT2D eigenvalue weighted by molar-refractivity contribution is 6.05. The van der Waals surface area contributed by atoms with Crippen LogP contribution in [-0.4, -0.2) is 38.2 Å². The van der Waals surface area contributed by atoms with Gasteiger partial charge in [-0.05, 0) is 55.9 Å². The number of carbonyl (C=O) groups excluding carboxylic acids is 1. The predicted octanol–water partition coefficient (Wildman–Crippen LogP) is 5.52. The van der Waals surface area contributed by atoms with Gasteiger partial charge in [-0.1, -0.05) is 42.0 Å². The summed E-state index contributed by atoms with van der Waals surface area (Å²) in [7, 11) is 0. The molecule has 0 atom stereocenters. The van der Waals surface area contributed by atoms with Crippen LogP contribution in [0.2, 0.25) is 0 Å². The Labute approximate surface area is 244 Å². The van der Waals surface area contributed by atoms with E-state index < -0.39 is 5.91 Å². The lowest BCUT2D eigenvalue weighted by Crippen LogP contribution is -2.26. The Balaban J connectivity index is 1.30. The van der Waals surface area contributed by atoms with Crippen LogP contribution in [0.4, 0.5) is 11.5 Å². The molecule has 1 amide bonds. The van der Waals surface area contributed by atoms with Crippen molar-refractivity contribution in [2.45, 2.75) is 39.8 Å². The number of pyridine rings is 1. The lowest BCUT2D eigenvalue weighted by atomic mass is 9.99. The highest BCUT2D eigenvalue weighted by atomic mass is 16.5. The lowest BCUT2D eigenvalue weighted by molar-refractivity contribution is 0.0612. The van der Waals surface area contributed by atoms with Crippen LogP contribution < -0.4 is 16.5 Å². The fourth-order valence-corrected chi connectivity index (χ4v) is 5.60.